The van der Waals surface area contributed by atoms with Gasteiger partial charge in [-0.25, -0.2) is 9.67 Å². The standard InChI is InChI=1S/C9H17N3OS/c1-3-4-12-9(10-7-11-12)6-14-8(2)5-13/h7-8,13H,3-6H2,1-2H3. The zero-order valence-corrected chi connectivity index (χ0v) is 9.50. The summed E-state index contributed by atoms with van der Waals surface area (Å²) < 4.78 is 1.93. The number of nitrogens with zero attached hydrogens (tertiary/aromatic N) is 3. The van der Waals surface area contributed by atoms with E-state index in [-0.39, 0.29) is 11.9 Å². The van der Waals surface area contributed by atoms with Crippen molar-refractivity contribution in [2.75, 3.05) is 6.61 Å². The van der Waals surface area contributed by atoms with E-state index in [0.29, 0.717) is 0 Å². The highest BCUT2D eigenvalue weighted by Gasteiger charge is 2.06. The highest BCUT2D eigenvalue weighted by molar-refractivity contribution is 7.99. The molecule has 0 saturated carbocycles. The Morgan fingerprint density at radius 1 is 1.64 bits per heavy atom. The third-order valence-corrected chi connectivity index (χ3v) is 3.03. The summed E-state index contributed by atoms with van der Waals surface area (Å²) in [5, 5.41) is 13.3. The van der Waals surface area contributed by atoms with Gasteiger partial charge < -0.3 is 5.11 Å². The molecular weight excluding hydrogens is 198 g/mol. The monoisotopic (exact) mass is 215 g/mol. The van der Waals surface area contributed by atoms with E-state index in [1.165, 1.54) is 0 Å². The summed E-state index contributed by atoms with van der Waals surface area (Å²) in [5.74, 6) is 1.82. The Bertz CT molecular complexity index is 264. The summed E-state index contributed by atoms with van der Waals surface area (Å²) in [6.07, 6.45) is 2.66. The van der Waals surface area contributed by atoms with E-state index >= 15 is 0 Å². The number of aromatic nitrogens is 3. The minimum Gasteiger partial charge on any atom is -0.395 e. The molecule has 1 N–H and O–H groups in total. The topological polar surface area (TPSA) is 50.9 Å². The van der Waals surface area contributed by atoms with Crippen molar-refractivity contribution in [1.82, 2.24) is 14.8 Å². The first-order valence-corrected chi connectivity index (χ1v) is 5.92. The molecule has 14 heavy (non-hydrogen) atoms. The molecule has 1 aromatic rings. The molecule has 0 aliphatic heterocycles. The summed E-state index contributed by atoms with van der Waals surface area (Å²) in [6, 6.07) is 0. The smallest absolute Gasteiger partial charge is 0.138 e. The van der Waals surface area contributed by atoms with Crippen molar-refractivity contribution in [2.24, 2.45) is 0 Å². The van der Waals surface area contributed by atoms with Gasteiger partial charge in [-0.3, -0.25) is 0 Å². The van der Waals surface area contributed by atoms with Gasteiger partial charge in [-0.1, -0.05) is 13.8 Å². The van der Waals surface area contributed by atoms with Crippen molar-refractivity contribution >= 4 is 11.8 Å². The second-order valence-corrected chi connectivity index (χ2v) is 4.63. The average Bonchev–Trinajstić information content (AvgIpc) is 2.62. The quantitative estimate of drug-likeness (QED) is 0.777. The lowest BCUT2D eigenvalue weighted by molar-refractivity contribution is 0.300. The van der Waals surface area contributed by atoms with Crippen LogP contribution in [0, 0.1) is 0 Å². The molecule has 80 valence electrons. The number of hydrogen-bond acceptors (Lipinski definition) is 4. The molecule has 0 aliphatic carbocycles. The molecule has 1 unspecified atom stereocenters. The number of thioether (sulfide) groups is 1. The summed E-state index contributed by atoms with van der Waals surface area (Å²) >= 11 is 1.70. The SMILES string of the molecule is CCCn1ncnc1CSC(C)CO. The van der Waals surface area contributed by atoms with Crippen LogP contribution in [0.15, 0.2) is 6.33 Å². The van der Waals surface area contributed by atoms with Gasteiger partial charge in [0.05, 0.1) is 12.4 Å². The van der Waals surface area contributed by atoms with Crippen LogP contribution >= 0.6 is 11.8 Å². The zero-order chi connectivity index (χ0) is 10.4. The molecule has 1 aromatic heterocycles. The van der Waals surface area contributed by atoms with Gasteiger partial charge in [-0.15, -0.1) is 11.8 Å². The molecule has 0 fully saturated rings. The normalized spacial score (nSPS) is 13.1. The molecule has 0 saturated heterocycles. The number of aliphatic hydroxyl groups is 1. The molecule has 4 nitrogen and oxygen atoms in total. The van der Waals surface area contributed by atoms with Crippen molar-refractivity contribution in [1.29, 1.82) is 0 Å². The Balaban J connectivity index is 2.45. The number of aryl methyl sites for hydroxylation is 1. The van der Waals surface area contributed by atoms with E-state index in [4.69, 9.17) is 5.11 Å². The fourth-order valence-corrected chi connectivity index (χ4v) is 1.83. The molecule has 1 rings (SSSR count). The van der Waals surface area contributed by atoms with Gasteiger partial charge in [-0.2, -0.15) is 5.10 Å². The van der Waals surface area contributed by atoms with Crippen LogP contribution in [0.3, 0.4) is 0 Å². The minimum atomic E-state index is 0.215. The van der Waals surface area contributed by atoms with Gasteiger partial charge in [0.2, 0.25) is 0 Å². The van der Waals surface area contributed by atoms with Crippen LogP contribution in [0.25, 0.3) is 0 Å². The highest BCUT2D eigenvalue weighted by Crippen LogP contribution is 2.15. The summed E-state index contributed by atoms with van der Waals surface area (Å²) in [4.78, 5) is 4.19. The minimum absolute atomic E-state index is 0.215. The van der Waals surface area contributed by atoms with Crippen LogP contribution in [0.5, 0.6) is 0 Å². The van der Waals surface area contributed by atoms with Gasteiger partial charge in [-0.05, 0) is 6.42 Å². The first kappa shape index (κ1) is 11.5. The Hall–Kier alpha value is -0.550. The van der Waals surface area contributed by atoms with E-state index in [2.05, 4.69) is 17.0 Å². The Morgan fingerprint density at radius 2 is 2.43 bits per heavy atom. The van der Waals surface area contributed by atoms with E-state index in [0.717, 1.165) is 24.5 Å². The van der Waals surface area contributed by atoms with Crippen LogP contribution in [-0.4, -0.2) is 31.7 Å². The van der Waals surface area contributed by atoms with Crippen molar-refractivity contribution in [3.63, 3.8) is 0 Å². The summed E-state index contributed by atoms with van der Waals surface area (Å²) in [6.45, 7) is 5.26. The van der Waals surface area contributed by atoms with Crippen molar-refractivity contribution in [2.45, 2.75) is 37.8 Å². The van der Waals surface area contributed by atoms with Crippen LogP contribution in [0.1, 0.15) is 26.1 Å². The predicted octanol–water partition coefficient (Wildman–Crippen LogP) is 1.30. The molecule has 5 heteroatoms. The molecular formula is C9H17N3OS. The van der Waals surface area contributed by atoms with E-state index in [1.807, 2.05) is 11.6 Å². The molecule has 0 amide bonds. The molecule has 0 bridgehead atoms. The molecule has 0 aromatic carbocycles. The number of hydrogen-bond donors (Lipinski definition) is 1. The molecule has 0 aliphatic rings. The molecule has 0 radical (unpaired) electrons. The highest BCUT2D eigenvalue weighted by atomic mass is 32.2. The number of aliphatic hydroxyl groups excluding tert-OH is 1. The number of rotatable bonds is 6. The molecule has 0 spiro atoms. The zero-order valence-electron chi connectivity index (χ0n) is 8.68. The predicted molar refractivity (Wildman–Crippen MR) is 58.2 cm³/mol. The van der Waals surface area contributed by atoms with E-state index in [9.17, 15) is 0 Å². The van der Waals surface area contributed by atoms with Crippen LogP contribution < -0.4 is 0 Å². The van der Waals surface area contributed by atoms with Crippen molar-refractivity contribution < 1.29 is 5.11 Å². The van der Waals surface area contributed by atoms with Gasteiger partial charge in [0.15, 0.2) is 0 Å². The summed E-state index contributed by atoms with van der Waals surface area (Å²) in [5.41, 5.74) is 0. The molecule has 1 atom stereocenters. The Kier molecular flexibility index (Phi) is 4.97. The average molecular weight is 215 g/mol. The second-order valence-electron chi connectivity index (χ2n) is 3.20. The maximum atomic E-state index is 8.87. The van der Waals surface area contributed by atoms with Crippen LogP contribution in [0.2, 0.25) is 0 Å². The van der Waals surface area contributed by atoms with Crippen LogP contribution in [-0.2, 0) is 12.3 Å². The van der Waals surface area contributed by atoms with Gasteiger partial charge in [0.1, 0.15) is 12.2 Å². The van der Waals surface area contributed by atoms with Crippen LogP contribution in [0.4, 0.5) is 0 Å². The van der Waals surface area contributed by atoms with Gasteiger partial charge in [0, 0.05) is 11.8 Å². The lowest BCUT2D eigenvalue weighted by Crippen LogP contribution is -2.07. The third-order valence-electron chi connectivity index (χ3n) is 1.89. The first-order valence-electron chi connectivity index (χ1n) is 4.87. The largest absolute Gasteiger partial charge is 0.395 e. The van der Waals surface area contributed by atoms with E-state index in [1.54, 1.807) is 18.1 Å². The lowest BCUT2D eigenvalue weighted by Gasteiger charge is -2.07. The summed E-state index contributed by atoms with van der Waals surface area (Å²) in [7, 11) is 0. The maximum Gasteiger partial charge on any atom is 0.138 e. The van der Waals surface area contributed by atoms with Crippen molar-refractivity contribution in [3.8, 4) is 0 Å². The third kappa shape index (κ3) is 3.31. The first-order chi connectivity index (χ1) is 6.77. The maximum absolute atomic E-state index is 8.87. The Labute approximate surface area is 88.7 Å². The lowest BCUT2D eigenvalue weighted by atomic mass is 10.5. The van der Waals surface area contributed by atoms with Crippen molar-refractivity contribution in [3.05, 3.63) is 12.2 Å². The second kappa shape index (κ2) is 6.03. The fourth-order valence-electron chi connectivity index (χ4n) is 1.07. The van der Waals surface area contributed by atoms with E-state index < -0.39 is 0 Å². The Morgan fingerprint density at radius 3 is 3.07 bits per heavy atom. The van der Waals surface area contributed by atoms with Gasteiger partial charge in [0.25, 0.3) is 0 Å². The fraction of sp³-hybridized carbons (Fsp3) is 0.778. The molecule has 1 heterocycles. The van der Waals surface area contributed by atoms with Gasteiger partial charge >= 0.3 is 0 Å².